The third kappa shape index (κ3) is 15.6. The lowest BCUT2D eigenvalue weighted by atomic mass is 9.70. The van der Waals surface area contributed by atoms with Gasteiger partial charge in [0.2, 0.25) is 5.88 Å². The average Bonchev–Trinajstić information content (AvgIpc) is 0.849. The molecule has 0 spiro atoms. The molecule has 24 heteroatoms. The van der Waals surface area contributed by atoms with Crippen LogP contribution in [0.4, 0.5) is 25.8 Å². The van der Waals surface area contributed by atoms with Crippen molar-refractivity contribution in [3.63, 3.8) is 0 Å². The fourth-order valence-electron chi connectivity index (χ4n) is 21.6. The molecule has 618 valence electrons. The van der Waals surface area contributed by atoms with Crippen molar-refractivity contribution in [1.82, 2.24) is 30.7 Å². The Morgan fingerprint density at radius 3 is 1.51 bits per heavy atom. The molecule has 10 atom stereocenters. The molecule has 1 aromatic heterocycles. The molecule has 5 fully saturated rings. The Morgan fingerprint density at radius 2 is 0.991 bits per heavy atom. The van der Waals surface area contributed by atoms with Crippen molar-refractivity contribution in [2.45, 2.75) is 136 Å². The number of rotatable bonds is 9. The predicted octanol–water partition coefficient (Wildman–Crippen LogP) is 18.9. The zero-order chi connectivity index (χ0) is 81.2. The van der Waals surface area contributed by atoms with Crippen LogP contribution in [0.5, 0.6) is 28.9 Å². The largest absolute Gasteiger partial charge is 0.496 e. The number of fused-ring (bicyclic) bond motifs is 15. The standard InChI is InChI=1S/C20H20Cl2N2S.C20H20F2N2S.C18H17Cl2N3O.C18H25NO3.C17H23NO3/c21-13-2-3-14(17(22)10-13)12-8-15-16-11-23-5-4-18(16)24-6-1-7-25-19(9-12)20(15)24;21-15-3-1-4-16(22)19(15)12-9-13-14-11-23-6-5-17(14)24-7-2-8-25-18(10-12)20(13)24;19-10-1-2-11(14(20)7-10)15-8-12-13-9-21-4-3-16(13)23-5-6-24-18(22-15)17(12)23;1-5-12-16(21-3)9-13-14-10-19(2)7-6-11(14)8-15(20)17(13)18(12)22-4;1-5-11-15(20-3)7-12-13-9-18(2)8-10(13)6-14(19)16(12)17(11)21-4/h2-3,8-10,16,18,23H,1,4-7,11H2;1,3-4,9-10,14,17,23H,2,5-8,11H2;1-2,7-8,13,16,21H,3-6,9H2;9,11,14H,5-8,10H2,1-4H3;7,10,13H,5-6,8-9H2,1-4H3/t16-,18-;14-,17-;;11-,14+;10-,13+/m00.11/s1. The smallest absolute Gasteiger partial charge is 0.238 e. The maximum absolute atomic E-state index is 14.4. The molecular formula is C93H105Cl4F2N9O7S2. The third-order valence-electron chi connectivity index (χ3n) is 26.8. The van der Waals surface area contributed by atoms with Crippen molar-refractivity contribution >= 4 is 98.6 Å². The first-order valence-electron chi connectivity index (χ1n) is 41.9. The topological polar surface area (TPSA) is 145 Å². The normalized spacial score (nSPS) is 24.6. The van der Waals surface area contributed by atoms with Gasteiger partial charge >= 0.3 is 0 Å². The van der Waals surface area contributed by atoms with Crippen LogP contribution in [-0.2, 0) is 12.8 Å². The summed E-state index contributed by atoms with van der Waals surface area (Å²) in [7, 11) is 11.0. The number of piperidine rings is 4. The number of thioether (sulfide) groups is 2. The number of ketones is 2. The van der Waals surface area contributed by atoms with Gasteiger partial charge in [-0.25, -0.2) is 13.8 Å². The van der Waals surface area contributed by atoms with E-state index in [4.69, 9.17) is 75.1 Å². The van der Waals surface area contributed by atoms with Gasteiger partial charge < -0.3 is 64.1 Å². The number of anilines is 3. The van der Waals surface area contributed by atoms with Gasteiger partial charge in [0.15, 0.2) is 11.6 Å². The van der Waals surface area contributed by atoms with Crippen LogP contribution in [0.3, 0.4) is 0 Å². The van der Waals surface area contributed by atoms with Crippen molar-refractivity contribution in [3.05, 3.63) is 179 Å². The van der Waals surface area contributed by atoms with Gasteiger partial charge in [0.1, 0.15) is 46.9 Å². The number of Topliss-reactive ketones (excluding diaryl/α,β-unsaturated/α-hetero) is 2. The summed E-state index contributed by atoms with van der Waals surface area (Å²) < 4.78 is 57.0. The summed E-state index contributed by atoms with van der Waals surface area (Å²) in [6.45, 7) is 18.4. The number of likely N-dealkylation sites (N-methyl/N-ethyl adjacent to an activating group) is 2. The number of carbonyl (C=O) groups is 2. The zero-order valence-corrected chi connectivity index (χ0v) is 72.7. The SMILES string of the molecule is CCc1c(OC)cc2c(c1OC)C(=O)C[C@@H]1CN(C)C[C@H]21.CCc1c(OC)cc2c(c1OC)C(=O)C[C@H]1CCN(C)C[C@H]21.Clc1ccc(-c2cc3c4c(c2)[C@@H]2CNCC[C@@H]2N4CCCS3)c(Cl)c1.Clc1ccc(-c2cc3c4c(n2)OCCN4C2CCNCC32)c(Cl)c1.Fc1cccc(F)c1-c1cc2c3c(c1)[C@@H]1CNCC[C@@H]1N3CCCS2. The molecule has 0 radical (unpaired) electrons. The fraction of sp³-hybridized carbons (Fsp3) is 0.473. The van der Waals surface area contributed by atoms with Crippen LogP contribution in [0.1, 0.15) is 154 Å². The Bertz CT molecular complexity index is 5120. The number of carbonyl (C=O) groups excluding carboxylic acids is 2. The highest BCUT2D eigenvalue weighted by molar-refractivity contribution is 7.99. The lowest BCUT2D eigenvalue weighted by molar-refractivity contribution is 0.0881. The Kier molecular flexibility index (Phi) is 24.7. The molecule has 8 aromatic rings. The second-order valence-corrected chi connectivity index (χ2v) is 37.3. The van der Waals surface area contributed by atoms with Crippen LogP contribution in [0.15, 0.2) is 107 Å². The van der Waals surface area contributed by atoms with Gasteiger partial charge in [0.25, 0.3) is 0 Å². The minimum Gasteiger partial charge on any atom is -0.496 e. The number of methoxy groups -OCH3 is 4. The summed E-state index contributed by atoms with van der Waals surface area (Å²) in [5.41, 5.74) is 18.8. The first-order chi connectivity index (χ1) is 56.9. The lowest BCUT2D eigenvalue weighted by Crippen LogP contribution is -2.46. The summed E-state index contributed by atoms with van der Waals surface area (Å²) in [4.78, 5) is 45.2. The molecule has 0 saturated carbocycles. The summed E-state index contributed by atoms with van der Waals surface area (Å²) in [5.74, 6) is 8.81. The van der Waals surface area contributed by atoms with Crippen molar-refractivity contribution in [3.8, 4) is 62.4 Å². The van der Waals surface area contributed by atoms with E-state index < -0.39 is 11.6 Å². The van der Waals surface area contributed by atoms with Gasteiger partial charge in [-0.2, -0.15) is 0 Å². The highest BCUT2D eigenvalue weighted by Crippen LogP contribution is 2.57. The highest BCUT2D eigenvalue weighted by atomic mass is 35.5. The first kappa shape index (κ1) is 82.3. The highest BCUT2D eigenvalue weighted by Gasteiger charge is 2.48. The Hall–Kier alpha value is -7.05. The number of aromatic nitrogens is 1. The lowest BCUT2D eigenvalue weighted by Gasteiger charge is -2.41. The molecule has 0 bridgehead atoms. The molecule has 0 amide bonds. The van der Waals surface area contributed by atoms with Crippen LogP contribution in [0, 0.1) is 23.5 Å². The Labute approximate surface area is 715 Å². The average molecular weight is 1700 g/mol. The van der Waals surface area contributed by atoms with E-state index in [2.05, 4.69) is 98.7 Å². The van der Waals surface area contributed by atoms with Crippen molar-refractivity contribution in [1.29, 1.82) is 0 Å². The summed E-state index contributed by atoms with van der Waals surface area (Å²) in [6, 6.07) is 32.3. The van der Waals surface area contributed by atoms with Crippen LogP contribution in [0.25, 0.3) is 33.5 Å². The van der Waals surface area contributed by atoms with Gasteiger partial charge in [-0.1, -0.05) is 72.4 Å². The van der Waals surface area contributed by atoms with E-state index in [1.807, 2.05) is 66.0 Å². The number of nitrogens with one attached hydrogen (secondary N) is 3. The Balaban J connectivity index is 0.000000105. The van der Waals surface area contributed by atoms with E-state index in [-0.39, 0.29) is 17.1 Å². The zero-order valence-electron chi connectivity index (χ0n) is 68.0. The Morgan fingerprint density at radius 1 is 0.504 bits per heavy atom. The summed E-state index contributed by atoms with van der Waals surface area (Å²) in [5, 5.41) is 13.3. The number of nitrogens with zero attached hydrogens (tertiary/aromatic N) is 6. The maximum atomic E-state index is 14.4. The summed E-state index contributed by atoms with van der Waals surface area (Å²) >= 11 is 28.9. The molecule has 3 N–H and O–H groups in total. The molecular weight excluding hydrogens is 1600 g/mol. The second-order valence-electron chi connectivity index (χ2n) is 33.3. The van der Waals surface area contributed by atoms with Crippen molar-refractivity contribution in [2.75, 3.05) is 160 Å². The second kappa shape index (κ2) is 35.2. The van der Waals surface area contributed by atoms with Crippen molar-refractivity contribution in [2.24, 2.45) is 11.8 Å². The van der Waals surface area contributed by atoms with Gasteiger partial charge in [-0.05, 0) is 239 Å². The first-order valence-corrected chi connectivity index (χ1v) is 45.4. The van der Waals surface area contributed by atoms with E-state index in [9.17, 15) is 18.4 Å². The van der Waals surface area contributed by atoms with Gasteiger partial charge in [-0.15, -0.1) is 23.5 Å². The molecule has 11 aliphatic heterocycles. The molecule has 12 heterocycles. The predicted molar refractivity (Wildman–Crippen MR) is 471 cm³/mol. The van der Waals surface area contributed by atoms with Gasteiger partial charge in [0, 0.05) is 160 Å². The van der Waals surface area contributed by atoms with E-state index in [0.717, 1.165) is 207 Å². The number of pyridine rings is 1. The minimum atomic E-state index is -0.487. The van der Waals surface area contributed by atoms with Crippen molar-refractivity contribution < 1.29 is 42.1 Å². The van der Waals surface area contributed by atoms with Gasteiger partial charge in [-0.3, -0.25) is 9.59 Å². The van der Waals surface area contributed by atoms with Crippen LogP contribution in [0.2, 0.25) is 20.1 Å². The van der Waals surface area contributed by atoms with Gasteiger partial charge in [0.05, 0.1) is 73.8 Å². The molecule has 117 heavy (non-hydrogen) atoms. The quantitative estimate of drug-likeness (QED) is 0.126. The molecule has 21 rings (SSSR count). The number of halogens is 6. The molecule has 7 aromatic carbocycles. The molecule has 13 aliphatic rings. The van der Waals surface area contributed by atoms with Crippen LogP contribution >= 0.6 is 69.9 Å². The van der Waals surface area contributed by atoms with E-state index in [1.165, 1.54) is 92.4 Å². The van der Waals surface area contributed by atoms with Crippen LogP contribution in [-0.4, -0.2) is 190 Å². The number of hydrogen-bond acceptors (Lipinski definition) is 18. The number of benzene rings is 7. The molecule has 16 nitrogen and oxygen atoms in total. The number of hydrogen-bond donors (Lipinski definition) is 3. The van der Waals surface area contributed by atoms with Crippen LogP contribution < -0.4 is 54.3 Å². The van der Waals surface area contributed by atoms with E-state index in [0.29, 0.717) is 99.6 Å². The fourth-order valence-corrected chi connectivity index (χ4v) is 24.8. The third-order valence-corrected chi connectivity index (χ3v) is 30.1. The number of likely N-dealkylation sites (tertiary alicyclic amines) is 2. The number of ether oxygens (including phenoxy) is 5. The maximum Gasteiger partial charge on any atom is 0.238 e. The van der Waals surface area contributed by atoms with E-state index >= 15 is 0 Å². The molecule has 5 saturated heterocycles. The van der Waals surface area contributed by atoms with E-state index in [1.54, 1.807) is 34.5 Å². The molecule has 2 unspecified atom stereocenters. The monoisotopic (exact) mass is 1700 g/mol. The summed E-state index contributed by atoms with van der Waals surface area (Å²) in [6.07, 6.45) is 9.90. The molecule has 2 aliphatic carbocycles. The minimum absolute atomic E-state index is 0.102.